The number of ketones is 1. The fraction of sp³-hybridized carbons (Fsp3) is 0.500. The number of nitrogens with zero attached hydrogens (tertiary/aromatic N) is 1. The van der Waals surface area contributed by atoms with E-state index in [2.05, 4.69) is 4.98 Å². The molecule has 0 atom stereocenters. The van der Waals surface area contributed by atoms with Gasteiger partial charge in [0.05, 0.1) is 6.20 Å². The second-order valence-corrected chi connectivity index (χ2v) is 4.37. The van der Waals surface area contributed by atoms with Crippen LogP contribution in [0.1, 0.15) is 36.0 Å². The Morgan fingerprint density at radius 1 is 1.31 bits per heavy atom. The molecule has 1 fully saturated rings. The summed E-state index contributed by atoms with van der Waals surface area (Å²) in [4.78, 5) is 15.7. The Morgan fingerprint density at radius 2 is 2.00 bits per heavy atom. The molecule has 0 saturated heterocycles. The Labute approximate surface area is 93.9 Å². The molecule has 0 unspecified atom stereocenters. The molecule has 86 valence electrons. The molecule has 1 heterocycles. The first-order chi connectivity index (χ1) is 7.66. The number of Topliss-reactive ketones (excluding diaryl/α,β-unsaturated/α-hetero) is 1. The Bertz CT molecular complexity index is 386. The van der Waals surface area contributed by atoms with Crippen LogP contribution in [0.5, 0.6) is 0 Å². The van der Waals surface area contributed by atoms with Crippen LogP contribution in [0, 0.1) is 11.7 Å². The number of pyridine rings is 1. The van der Waals surface area contributed by atoms with Crippen LogP contribution < -0.4 is 5.73 Å². The van der Waals surface area contributed by atoms with E-state index in [0.717, 1.165) is 31.9 Å². The number of nitrogens with two attached hydrogens (primary N) is 1. The summed E-state index contributed by atoms with van der Waals surface area (Å²) in [5, 5.41) is 0. The van der Waals surface area contributed by atoms with Gasteiger partial charge in [0.2, 0.25) is 0 Å². The predicted octanol–water partition coefficient (Wildman–Crippen LogP) is 1.92. The van der Waals surface area contributed by atoms with Gasteiger partial charge in [-0.25, -0.2) is 4.39 Å². The zero-order valence-corrected chi connectivity index (χ0v) is 9.03. The summed E-state index contributed by atoms with van der Waals surface area (Å²) in [6.45, 7) is 0. The van der Waals surface area contributed by atoms with Crippen molar-refractivity contribution < 1.29 is 9.18 Å². The lowest BCUT2D eigenvalue weighted by molar-refractivity contribution is 0.0884. The summed E-state index contributed by atoms with van der Waals surface area (Å²) < 4.78 is 12.9. The van der Waals surface area contributed by atoms with Gasteiger partial charge in [-0.15, -0.1) is 0 Å². The summed E-state index contributed by atoms with van der Waals surface area (Å²) in [5.74, 6) is -0.472. The van der Waals surface area contributed by atoms with E-state index >= 15 is 0 Å². The number of hydrogen-bond acceptors (Lipinski definition) is 3. The molecule has 2 rings (SSSR count). The average molecular weight is 222 g/mol. The van der Waals surface area contributed by atoms with Crippen LogP contribution in [0.25, 0.3) is 0 Å². The van der Waals surface area contributed by atoms with E-state index < -0.39 is 5.82 Å². The van der Waals surface area contributed by atoms with Crippen LogP contribution >= 0.6 is 0 Å². The van der Waals surface area contributed by atoms with Crippen molar-refractivity contribution in [3.05, 3.63) is 29.8 Å². The molecule has 1 aliphatic rings. The first kappa shape index (κ1) is 11.2. The smallest absolute Gasteiger partial charge is 0.167 e. The molecule has 0 amide bonds. The normalized spacial score (nSPS) is 25.4. The average Bonchev–Trinajstić information content (AvgIpc) is 2.29. The van der Waals surface area contributed by atoms with Crippen molar-refractivity contribution in [2.45, 2.75) is 31.7 Å². The molecule has 3 nitrogen and oxygen atoms in total. The molecule has 1 aromatic heterocycles. The molecule has 0 bridgehead atoms. The van der Waals surface area contributed by atoms with Crippen molar-refractivity contribution in [2.75, 3.05) is 0 Å². The number of hydrogen-bond donors (Lipinski definition) is 1. The lowest BCUT2D eigenvalue weighted by atomic mass is 9.82. The molecule has 1 aromatic rings. The molecule has 2 N–H and O–H groups in total. The molecular formula is C12H15FN2O. The highest BCUT2D eigenvalue weighted by molar-refractivity contribution is 5.97. The Morgan fingerprint density at radius 3 is 2.62 bits per heavy atom. The lowest BCUT2D eigenvalue weighted by Gasteiger charge is -2.24. The maximum Gasteiger partial charge on any atom is 0.167 e. The van der Waals surface area contributed by atoms with Crippen molar-refractivity contribution >= 4 is 5.78 Å². The van der Waals surface area contributed by atoms with Crippen LogP contribution in [-0.2, 0) is 0 Å². The van der Waals surface area contributed by atoms with Crippen molar-refractivity contribution in [3.63, 3.8) is 0 Å². The van der Waals surface area contributed by atoms with Crippen LogP contribution in [0.2, 0.25) is 0 Å². The molecule has 1 saturated carbocycles. The summed E-state index contributed by atoms with van der Waals surface area (Å²) in [6, 6.07) is 1.47. The van der Waals surface area contributed by atoms with Gasteiger partial charge in [0.1, 0.15) is 5.82 Å². The Hall–Kier alpha value is -1.29. The summed E-state index contributed by atoms with van der Waals surface area (Å²) in [7, 11) is 0. The monoisotopic (exact) mass is 222 g/mol. The van der Waals surface area contributed by atoms with E-state index in [-0.39, 0.29) is 17.7 Å². The molecule has 0 radical (unpaired) electrons. The molecule has 0 aromatic carbocycles. The molecule has 0 aliphatic heterocycles. The number of halogens is 1. The second-order valence-electron chi connectivity index (χ2n) is 4.37. The maximum atomic E-state index is 12.9. The minimum Gasteiger partial charge on any atom is -0.328 e. The minimum atomic E-state index is -0.460. The zero-order valence-electron chi connectivity index (χ0n) is 9.03. The summed E-state index contributed by atoms with van der Waals surface area (Å²) in [5.41, 5.74) is 6.15. The van der Waals surface area contributed by atoms with Gasteiger partial charge in [-0.2, -0.15) is 0 Å². The topological polar surface area (TPSA) is 56.0 Å². The molecular weight excluding hydrogens is 207 g/mol. The van der Waals surface area contributed by atoms with Crippen LogP contribution in [0.4, 0.5) is 4.39 Å². The third-order valence-electron chi connectivity index (χ3n) is 3.13. The zero-order chi connectivity index (χ0) is 11.5. The Balaban J connectivity index is 2.08. The third-order valence-corrected chi connectivity index (χ3v) is 3.13. The molecule has 1 aliphatic carbocycles. The molecule has 4 heteroatoms. The van der Waals surface area contributed by atoms with Gasteiger partial charge in [-0.1, -0.05) is 0 Å². The van der Waals surface area contributed by atoms with Crippen LogP contribution in [-0.4, -0.2) is 16.8 Å². The first-order valence-electron chi connectivity index (χ1n) is 5.57. The highest BCUT2D eigenvalue weighted by atomic mass is 19.1. The number of carbonyl (C=O) groups excluding carboxylic acids is 1. The quantitative estimate of drug-likeness (QED) is 0.778. The van der Waals surface area contributed by atoms with Crippen molar-refractivity contribution in [1.82, 2.24) is 4.98 Å². The van der Waals surface area contributed by atoms with Gasteiger partial charge in [-0.3, -0.25) is 9.78 Å². The third kappa shape index (κ3) is 2.44. The van der Waals surface area contributed by atoms with Gasteiger partial charge in [-0.05, 0) is 31.7 Å². The Kier molecular flexibility index (Phi) is 3.29. The predicted molar refractivity (Wildman–Crippen MR) is 58.5 cm³/mol. The second kappa shape index (κ2) is 4.70. The van der Waals surface area contributed by atoms with Gasteiger partial charge in [0.15, 0.2) is 5.78 Å². The number of aromatic nitrogens is 1. The fourth-order valence-corrected chi connectivity index (χ4v) is 2.16. The van der Waals surface area contributed by atoms with Gasteiger partial charge >= 0.3 is 0 Å². The largest absolute Gasteiger partial charge is 0.328 e. The highest BCUT2D eigenvalue weighted by Gasteiger charge is 2.25. The maximum absolute atomic E-state index is 12.9. The number of rotatable bonds is 2. The molecule has 16 heavy (non-hydrogen) atoms. The van der Waals surface area contributed by atoms with Crippen molar-refractivity contribution in [3.8, 4) is 0 Å². The number of carbonyl (C=O) groups is 1. The van der Waals surface area contributed by atoms with E-state index in [1.54, 1.807) is 0 Å². The van der Waals surface area contributed by atoms with E-state index in [0.29, 0.717) is 5.56 Å². The van der Waals surface area contributed by atoms with Gasteiger partial charge < -0.3 is 5.73 Å². The van der Waals surface area contributed by atoms with Crippen LogP contribution in [0.15, 0.2) is 18.5 Å². The molecule has 0 spiro atoms. The van der Waals surface area contributed by atoms with Crippen molar-refractivity contribution in [1.29, 1.82) is 0 Å². The highest BCUT2D eigenvalue weighted by Crippen LogP contribution is 2.26. The van der Waals surface area contributed by atoms with Gasteiger partial charge in [0, 0.05) is 23.7 Å². The van der Waals surface area contributed by atoms with E-state index in [9.17, 15) is 9.18 Å². The van der Waals surface area contributed by atoms with E-state index in [4.69, 9.17) is 5.73 Å². The first-order valence-corrected chi connectivity index (χ1v) is 5.57. The van der Waals surface area contributed by atoms with E-state index in [1.807, 2.05) is 0 Å². The fourth-order valence-electron chi connectivity index (χ4n) is 2.16. The minimum absolute atomic E-state index is 0.00102. The van der Waals surface area contributed by atoms with Crippen molar-refractivity contribution in [2.24, 2.45) is 11.7 Å². The van der Waals surface area contributed by atoms with Crippen LogP contribution in [0.3, 0.4) is 0 Å². The van der Waals surface area contributed by atoms with Gasteiger partial charge in [0.25, 0.3) is 0 Å². The summed E-state index contributed by atoms with van der Waals surface area (Å²) >= 11 is 0. The standard InChI is InChI=1S/C12H15FN2O/c13-10-5-9(6-15-7-10)12(16)8-1-3-11(14)4-2-8/h5-8,11H,1-4,14H2. The summed E-state index contributed by atoms with van der Waals surface area (Å²) in [6.07, 6.45) is 5.89. The SMILES string of the molecule is NC1CCC(C(=O)c2cncc(F)c2)CC1. The lowest BCUT2D eigenvalue weighted by Crippen LogP contribution is -2.29. The van der Waals surface area contributed by atoms with E-state index in [1.165, 1.54) is 12.3 Å².